The minimum absolute atomic E-state index is 0.340. The summed E-state index contributed by atoms with van der Waals surface area (Å²) < 4.78 is 6.66. The molecule has 0 saturated carbocycles. The average Bonchev–Trinajstić information content (AvgIpc) is 3.15. The first kappa shape index (κ1) is 18.8. The lowest BCUT2D eigenvalue weighted by molar-refractivity contribution is -0.136. The molecule has 6 nitrogen and oxygen atoms in total. The number of carbonyl (C=O) groups excluding carboxylic acids is 1. The van der Waals surface area contributed by atoms with Gasteiger partial charge in [-0.05, 0) is 29.8 Å². The highest BCUT2D eigenvalue weighted by molar-refractivity contribution is 6.35. The summed E-state index contributed by atoms with van der Waals surface area (Å²) in [6.45, 7) is 0. The van der Waals surface area contributed by atoms with Crippen molar-refractivity contribution in [2.45, 2.75) is 6.04 Å². The number of halogens is 3. The van der Waals surface area contributed by atoms with Crippen molar-refractivity contribution in [3.05, 3.63) is 80.6 Å². The number of nitrogens with one attached hydrogen (secondary N) is 1. The number of hydrogen-bond donors (Lipinski definition) is 1. The van der Waals surface area contributed by atoms with Crippen molar-refractivity contribution in [1.29, 1.82) is 0 Å². The van der Waals surface area contributed by atoms with Crippen LogP contribution in [0.15, 0.2) is 54.4 Å². The van der Waals surface area contributed by atoms with E-state index in [1.165, 1.54) is 13.4 Å². The molecule has 0 saturated heterocycles. The molecule has 3 aromatic rings. The van der Waals surface area contributed by atoms with Crippen LogP contribution < -0.4 is 5.32 Å². The Bertz CT molecular complexity index is 1090. The van der Waals surface area contributed by atoms with Crippen LogP contribution in [0.1, 0.15) is 17.2 Å². The zero-order valence-corrected chi connectivity index (χ0v) is 16.8. The monoisotopic (exact) mass is 434 g/mol. The number of esters is 1. The van der Waals surface area contributed by atoms with Crippen LogP contribution in [-0.2, 0) is 9.53 Å². The molecule has 142 valence electrons. The van der Waals surface area contributed by atoms with Gasteiger partial charge in [0.1, 0.15) is 12.4 Å². The topological polar surface area (TPSA) is 69.0 Å². The summed E-state index contributed by atoms with van der Waals surface area (Å²) in [7, 11) is 1.33. The van der Waals surface area contributed by atoms with E-state index in [0.717, 1.165) is 5.56 Å². The van der Waals surface area contributed by atoms with Gasteiger partial charge in [0.2, 0.25) is 5.95 Å². The van der Waals surface area contributed by atoms with E-state index in [1.54, 1.807) is 47.1 Å². The number of methoxy groups -OCH3 is 1. The van der Waals surface area contributed by atoms with Crippen molar-refractivity contribution >= 4 is 52.4 Å². The van der Waals surface area contributed by atoms with Crippen molar-refractivity contribution in [1.82, 2.24) is 14.8 Å². The number of nitrogens with zero attached hydrogens (tertiary/aromatic N) is 3. The molecule has 0 bridgehead atoms. The molecule has 2 heterocycles. The number of hydrogen-bond acceptors (Lipinski definition) is 5. The Morgan fingerprint density at radius 3 is 2.50 bits per heavy atom. The van der Waals surface area contributed by atoms with Crippen molar-refractivity contribution in [2.75, 3.05) is 12.4 Å². The van der Waals surface area contributed by atoms with Crippen LogP contribution in [0, 0.1) is 0 Å². The van der Waals surface area contributed by atoms with Crippen LogP contribution in [0.5, 0.6) is 0 Å². The van der Waals surface area contributed by atoms with Crippen LogP contribution in [-0.4, -0.2) is 27.8 Å². The normalized spacial score (nSPS) is 15.8. The lowest BCUT2D eigenvalue weighted by Gasteiger charge is -2.29. The first-order valence-corrected chi connectivity index (χ1v) is 9.33. The van der Waals surface area contributed by atoms with Gasteiger partial charge < -0.3 is 10.1 Å². The summed E-state index contributed by atoms with van der Waals surface area (Å²) in [4.78, 5) is 17.1. The third-order valence-corrected chi connectivity index (χ3v) is 5.21. The van der Waals surface area contributed by atoms with Gasteiger partial charge in [-0.2, -0.15) is 10.1 Å². The fraction of sp³-hybridized carbons (Fsp3) is 0.105. The molecule has 28 heavy (non-hydrogen) atoms. The molecule has 0 spiro atoms. The minimum atomic E-state index is -0.651. The molecule has 2 aromatic carbocycles. The summed E-state index contributed by atoms with van der Waals surface area (Å²) in [5.74, 6) is -0.0526. The van der Waals surface area contributed by atoms with Gasteiger partial charge in [0.05, 0.1) is 18.4 Å². The summed E-state index contributed by atoms with van der Waals surface area (Å²) in [5.41, 5.74) is 2.27. The summed E-state index contributed by atoms with van der Waals surface area (Å²) >= 11 is 18.5. The maximum atomic E-state index is 12.8. The molecule has 0 radical (unpaired) electrons. The smallest absolute Gasteiger partial charge is 0.338 e. The standard InChI is InChI=1S/C19H13Cl3N4O2/c1-28-18(27)15-16(10-2-4-11(20)5-3-10)25-19-23-9-24-26(19)17(15)13-7-6-12(21)8-14(13)22/h2-9,17H,1H3,(H,23,24,25)/t17-/m1/s1. The van der Waals surface area contributed by atoms with Gasteiger partial charge in [0.25, 0.3) is 0 Å². The maximum Gasteiger partial charge on any atom is 0.338 e. The predicted octanol–water partition coefficient (Wildman–Crippen LogP) is 4.84. The minimum Gasteiger partial charge on any atom is -0.466 e. The predicted molar refractivity (Wildman–Crippen MR) is 109 cm³/mol. The number of anilines is 1. The second kappa shape index (κ2) is 7.47. The van der Waals surface area contributed by atoms with E-state index in [2.05, 4.69) is 15.4 Å². The van der Waals surface area contributed by atoms with Crippen molar-refractivity contribution < 1.29 is 9.53 Å². The number of carbonyl (C=O) groups is 1. The van der Waals surface area contributed by atoms with Crippen LogP contribution in [0.2, 0.25) is 15.1 Å². The molecule has 0 amide bonds. The molecule has 4 rings (SSSR count). The van der Waals surface area contributed by atoms with Crippen molar-refractivity contribution in [2.24, 2.45) is 0 Å². The quantitative estimate of drug-likeness (QED) is 0.596. The highest BCUT2D eigenvalue weighted by atomic mass is 35.5. The van der Waals surface area contributed by atoms with E-state index in [-0.39, 0.29) is 0 Å². The van der Waals surface area contributed by atoms with Crippen LogP contribution in [0.4, 0.5) is 5.95 Å². The number of ether oxygens (including phenoxy) is 1. The Hall–Kier alpha value is -2.54. The lowest BCUT2D eigenvalue weighted by Crippen LogP contribution is -2.29. The molecular weight excluding hydrogens is 423 g/mol. The Morgan fingerprint density at radius 2 is 1.82 bits per heavy atom. The summed E-state index contributed by atoms with van der Waals surface area (Å²) in [5, 5.41) is 8.91. The highest BCUT2D eigenvalue weighted by Gasteiger charge is 2.37. The average molecular weight is 436 g/mol. The summed E-state index contributed by atoms with van der Waals surface area (Å²) in [6, 6.07) is 11.5. The zero-order valence-electron chi connectivity index (χ0n) is 14.5. The SMILES string of the molecule is COC(=O)C1=C(c2ccc(Cl)cc2)Nc2ncnn2[C@@H]1c1ccc(Cl)cc1Cl. The highest BCUT2D eigenvalue weighted by Crippen LogP contribution is 2.41. The van der Waals surface area contributed by atoms with Crippen molar-refractivity contribution in [3.8, 4) is 0 Å². The van der Waals surface area contributed by atoms with E-state index in [4.69, 9.17) is 39.5 Å². The Labute approximate surface area is 175 Å². The number of benzene rings is 2. The van der Waals surface area contributed by atoms with E-state index < -0.39 is 12.0 Å². The maximum absolute atomic E-state index is 12.8. The molecule has 1 aromatic heterocycles. The first-order chi connectivity index (χ1) is 13.5. The molecule has 1 atom stereocenters. The van der Waals surface area contributed by atoms with Gasteiger partial charge in [0, 0.05) is 20.6 Å². The molecule has 1 aliphatic rings. The molecule has 0 fully saturated rings. The Morgan fingerprint density at radius 1 is 1.11 bits per heavy atom. The van der Waals surface area contributed by atoms with E-state index in [9.17, 15) is 4.79 Å². The zero-order chi connectivity index (χ0) is 19.8. The number of fused-ring (bicyclic) bond motifs is 1. The number of rotatable bonds is 3. The van der Waals surface area contributed by atoms with Gasteiger partial charge in [-0.3, -0.25) is 0 Å². The Balaban J connectivity index is 2.00. The fourth-order valence-electron chi connectivity index (χ4n) is 3.15. The molecule has 1 N–H and O–H groups in total. The fourth-order valence-corrected chi connectivity index (χ4v) is 3.78. The van der Waals surface area contributed by atoms with Gasteiger partial charge in [-0.25, -0.2) is 9.48 Å². The van der Waals surface area contributed by atoms with Crippen LogP contribution in [0.3, 0.4) is 0 Å². The molecular formula is C19H13Cl3N4O2. The number of aromatic nitrogens is 3. The second-order valence-electron chi connectivity index (χ2n) is 6.01. The van der Waals surface area contributed by atoms with Crippen LogP contribution >= 0.6 is 34.8 Å². The third-order valence-electron chi connectivity index (χ3n) is 4.39. The lowest BCUT2D eigenvalue weighted by atomic mass is 9.93. The van der Waals surface area contributed by atoms with E-state index >= 15 is 0 Å². The van der Waals surface area contributed by atoms with Crippen LogP contribution in [0.25, 0.3) is 5.70 Å². The molecule has 1 aliphatic heterocycles. The van der Waals surface area contributed by atoms with Crippen molar-refractivity contribution in [3.63, 3.8) is 0 Å². The van der Waals surface area contributed by atoms with E-state index in [0.29, 0.717) is 37.8 Å². The molecule has 0 unspecified atom stereocenters. The van der Waals surface area contributed by atoms with Gasteiger partial charge in [-0.15, -0.1) is 0 Å². The summed E-state index contributed by atoms with van der Waals surface area (Å²) in [6.07, 6.45) is 1.40. The van der Waals surface area contributed by atoms with Gasteiger partial charge in [0.15, 0.2) is 0 Å². The van der Waals surface area contributed by atoms with Gasteiger partial charge in [-0.1, -0.05) is 53.0 Å². The second-order valence-corrected chi connectivity index (χ2v) is 7.29. The molecule has 9 heteroatoms. The molecule has 0 aliphatic carbocycles. The third kappa shape index (κ3) is 3.24. The first-order valence-electron chi connectivity index (χ1n) is 8.19. The Kier molecular flexibility index (Phi) is 5.02. The van der Waals surface area contributed by atoms with Gasteiger partial charge >= 0.3 is 5.97 Å². The van der Waals surface area contributed by atoms with E-state index in [1.807, 2.05) is 0 Å². The largest absolute Gasteiger partial charge is 0.466 e.